The molecule has 0 saturated heterocycles. The van der Waals surface area contributed by atoms with Crippen LogP contribution in [0.5, 0.6) is 0 Å². The number of benzene rings is 4. The molecule has 6 heteroatoms. The van der Waals surface area contributed by atoms with Crippen molar-refractivity contribution in [3.63, 3.8) is 0 Å². The first kappa shape index (κ1) is 25.0. The van der Waals surface area contributed by atoms with Gasteiger partial charge in [-0.1, -0.05) is 78.9 Å². The quantitative estimate of drug-likeness (QED) is 0.303. The Morgan fingerprint density at radius 2 is 1.42 bits per heavy atom. The normalized spacial score (nSPS) is 13.6. The van der Waals surface area contributed by atoms with Crippen LogP contribution in [0, 0.1) is 0 Å². The largest absolute Gasteiger partial charge is 0.354 e. The number of fused-ring (bicyclic) bond motifs is 1. The van der Waals surface area contributed by atoms with Crippen LogP contribution in [0.3, 0.4) is 0 Å². The summed E-state index contributed by atoms with van der Waals surface area (Å²) >= 11 is 0. The first-order valence-corrected chi connectivity index (χ1v) is 12.6. The van der Waals surface area contributed by atoms with Crippen molar-refractivity contribution in [3.8, 4) is 0 Å². The molecule has 6 nitrogen and oxygen atoms in total. The second-order valence-electron chi connectivity index (χ2n) is 9.40. The summed E-state index contributed by atoms with van der Waals surface area (Å²) in [4.78, 5) is 29.6. The van der Waals surface area contributed by atoms with Gasteiger partial charge in [-0.3, -0.25) is 14.5 Å². The van der Waals surface area contributed by atoms with E-state index >= 15 is 0 Å². The van der Waals surface area contributed by atoms with Crippen LogP contribution < -0.4 is 15.5 Å². The number of hydrogen-bond acceptors (Lipinski definition) is 4. The van der Waals surface area contributed by atoms with Crippen LogP contribution >= 0.6 is 0 Å². The minimum Gasteiger partial charge on any atom is -0.354 e. The lowest BCUT2D eigenvalue weighted by Crippen LogP contribution is -2.36. The first-order chi connectivity index (χ1) is 18.5. The van der Waals surface area contributed by atoms with Gasteiger partial charge >= 0.3 is 0 Å². The van der Waals surface area contributed by atoms with Crippen molar-refractivity contribution in [2.24, 2.45) is 0 Å². The Morgan fingerprint density at radius 1 is 0.789 bits per heavy atom. The van der Waals surface area contributed by atoms with E-state index in [1.165, 1.54) is 5.56 Å². The number of nitrogens with one attached hydrogen (secondary N) is 2. The number of likely N-dealkylation sites (N-methyl/N-ethyl adjacent to an activating group) is 2. The van der Waals surface area contributed by atoms with Crippen molar-refractivity contribution >= 4 is 40.1 Å². The average Bonchev–Trinajstić information content (AvgIpc) is 3.28. The predicted molar refractivity (Wildman–Crippen MR) is 155 cm³/mol. The van der Waals surface area contributed by atoms with Gasteiger partial charge in [-0.15, -0.1) is 0 Å². The van der Waals surface area contributed by atoms with Crippen LogP contribution in [0.25, 0.3) is 11.3 Å². The highest BCUT2D eigenvalue weighted by Gasteiger charge is 2.28. The number of carbonyl (C=O) groups excluding carboxylic acids is 2. The maximum absolute atomic E-state index is 13.0. The van der Waals surface area contributed by atoms with Gasteiger partial charge in [-0.2, -0.15) is 0 Å². The van der Waals surface area contributed by atoms with Gasteiger partial charge in [0.15, 0.2) is 0 Å². The number of para-hydroxylation sites is 1. The summed E-state index contributed by atoms with van der Waals surface area (Å²) in [6, 6.07) is 35.3. The third-order valence-corrected chi connectivity index (χ3v) is 6.58. The molecule has 0 bridgehead atoms. The van der Waals surface area contributed by atoms with E-state index in [4.69, 9.17) is 0 Å². The molecule has 0 radical (unpaired) electrons. The number of carbonyl (C=O) groups is 2. The third kappa shape index (κ3) is 5.51. The van der Waals surface area contributed by atoms with E-state index in [9.17, 15) is 9.59 Å². The molecule has 0 unspecified atom stereocenters. The van der Waals surface area contributed by atoms with Crippen molar-refractivity contribution in [2.45, 2.75) is 6.54 Å². The van der Waals surface area contributed by atoms with Crippen molar-refractivity contribution in [1.29, 1.82) is 0 Å². The zero-order valence-corrected chi connectivity index (χ0v) is 21.5. The summed E-state index contributed by atoms with van der Waals surface area (Å²) < 4.78 is 0. The van der Waals surface area contributed by atoms with Crippen LogP contribution in [0.15, 0.2) is 109 Å². The zero-order valence-electron chi connectivity index (χ0n) is 21.5. The van der Waals surface area contributed by atoms with Crippen molar-refractivity contribution in [1.82, 2.24) is 4.90 Å². The molecule has 1 heterocycles. The Bertz CT molecular complexity index is 1460. The average molecular weight is 503 g/mol. The molecule has 0 spiro atoms. The summed E-state index contributed by atoms with van der Waals surface area (Å²) in [5.41, 5.74) is 6.69. The highest BCUT2D eigenvalue weighted by atomic mass is 16.2. The number of amides is 2. The SMILES string of the molecule is CN(CC(=O)N(C)c1ccc(NC(=C2C(=O)Nc3ccccc32)c2ccccc2)cc1)Cc1ccccc1. The summed E-state index contributed by atoms with van der Waals surface area (Å²) in [6.07, 6.45) is 0. The summed E-state index contributed by atoms with van der Waals surface area (Å²) in [6.45, 7) is 1.01. The smallest absolute Gasteiger partial charge is 0.258 e. The van der Waals surface area contributed by atoms with Gasteiger partial charge in [-0.25, -0.2) is 0 Å². The summed E-state index contributed by atoms with van der Waals surface area (Å²) in [5.74, 6) is -0.130. The molecule has 190 valence electrons. The van der Waals surface area contributed by atoms with Gasteiger partial charge in [0.2, 0.25) is 5.91 Å². The Balaban J connectivity index is 1.34. The molecule has 1 aliphatic heterocycles. The number of rotatable bonds is 8. The summed E-state index contributed by atoms with van der Waals surface area (Å²) in [5, 5.41) is 6.44. The highest BCUT2D eigenvalue weighted by Crippen LogP contribution is 2.37. The van der Waals surface area contributed by atoms with E-state index in [0.717, 1.165) is 33.9 Å². The number of nitrogens with zero attached hydrogens (tertiary/aromatic N) is 2. The maximum Gasteiger partial charge on any atom is 0.258 e. The molecule has 0 aliphatic carbocycles. The highest BCUT2D eigenvalue weighted by molar-refractivity contribution is 6.37. The molecule has 5 rings (SSSR count). The molecule has 0 aromatic heterocycles. The molecule has 0 atom stereocenters. The Hall–Kier alpha value is -4.68. The van der Waals surface area contributed by atoms with Gasteiger partial charge < -0.3 is 15.5 Å². The lowest BCUT2D eigenvalue weighted by molar-refractivity contribution is -0.119. The zero-order chi connectivity index (χ0) is 26.5. The van der Waals surface area contributed by atoms with E-state index in [2.05, 4.69) is 22.8 Å². The summed E-state index contributed by atoms with van der Waals surface area (Å²) in [7, 11) is 3.74. The maximum atomic E-state index is 13.0. The van der Waals surface area contributed by atoms with Crippen molar-refractivity contribution < 1.29 is 9.59 Å². The van der Waals surface area contributed by atoms with Crippen molar-refractivity contribution in [2.75, 3.05) is 36.2 Å². The Kier molecular flexibility index (Phi) is 7.33. The molecular formula is C32H30N4O2. The van der Waals surface area contributed by atoms with E-state index in [0.29, 0.717) is 18.7 Å². The molecule has 1 aliphatic rings. The van der Waals surface area contributed by atoms with Gasteiger partial charge in [0, 0.05) is 36.2 Å². The minimum atomic E-state index is -0.140. The van der Waals surface area contributed by atoms with Crippen LogP contribution in [0.1, 0.15) is 16.7 Å². The van der Waals surface area contributed by atoms with E-state index in [-0.39, 0.29) is 11.8 Å². The topological polar surface area (TPSA) is 64.7 Å². The fraction of sp³-hybridized carbons (Fsp3) is 0.125. The second-order valence-corrected chi connectivity index (χ2v) is 9.40. The predicted octanol–water partition coefficient (Wildman–Crippen LogP) is 5.71. The molecule has 2 N–H and O–H groups in total. The van der Waals surface area contributed by atoms with Crippen LogP contribution in [0.4, 0.5) is 17.1 Å². The first-order valence-electron chi connectivity index (χ1n) is 12.6. The molecule has 4 aromatic carbocycles. The van der Waals surface area contributed by atoms with Gasteiger partial charge in [0.25, 0.3) is 5.91 Å². The van der Waals surface area contributed by atoms with Crippen LogP contribution in [-0.2, 0) is 16.1 Å². The van der Waals surface area contributed by atoms with Gasteiger partial charge in [0.05, 0.1) is 17.8 Å². The lowest BCUT2D eigenvalue weighted by atomic mass is 10.00. The third-order valence-electron chi connectivity index (χ3n) is 6.58. The molecule has 0 saturated carbocycles. The molecule has 2 amide bonds. The monoisotopic (exact) mass is 502 g/mol. The van der Waals surface area contributed by atoms with Crippen molar-refractivity contribution in [3.05, 3.63) is 126 Å². The molecule has 38 heavy (non-hydrogen) atoms. The fourth-order valence-electron chi connectivity index (χ4n) is 4.59. The fourth-order valence-corrected chi connectivity index (χ4v) is 4.59. The van der Waals surface area contributed by atoms with E-state index in [1.54, 1.807) is 11.9 Å². The van der Waals surface area contributed by atoms with Gasteiger partial charge in [-0.05, 0) is 48.5 Å². The lowest BCUT2D eigenvalue weighted by Gasteiger charge is -2.22. The second kappa shape index (κ2) is 11.2. The molecular weight excluding hydrogens is 472 g/mol. The van der Waals surface area contributed by atoms with Crippen LogP contribution in [0.2, 0.25) is 0 Å². The molecule has 4 aromatic rings. The number of hydrogen-bond donors (Lipinski definition) is 2. The number of anilines is 3. The van der Waals surface area contributed by atoms with Gasteiger partial charge in [0.1, 0.15) is 0 Å². The van der Waals surface area contributed by atoms with Crippen LogP contribution in [-0.4, -0.2) is 37.4 Å². The van der Waals surface area contributed by atoms with E-state index in [1.807, 2.05) is 109 Å². The standard InChI is InChI=1S/C32H30N4O2/c1-35(21-23-11-5-3-6-12-23)22-29(37)36(2)26-19-17-25(18-20-26)33-31(24-13-7-4-8-14-24)30-27-15-9-10-16-28(27)34-32(30)38/h3-20,33H,21-22H2,1-2H3,(H,34,38). The molecule has 0 fully saturated rings. The Labute approximate surface area is 223 Å². The minimum absolute atomic E-state index is 0.00969. The Morgan fingerprint density at radius 3 is 2.13 bits per heavy atom. The van der Waals surface area contributed by atoms with E-state index < -0.39 is 0 Å².